The van der Waals surface area contributed by atoms with Crippen LogP contribution in [0.3, 0.4) is 0 Å². The van der Waals surface area contributed by atoms with E-state index in [-0.39, 0.29) is 26.9 Å². The number of hydrogen-bond acceptors (Lipinski definition) is 8. The number of nitro groups is 2. The summed E-state index contributed by atoms with van der Waals surface area (Å²) in [5, 5.41) is 22.4. The smallest absolute Gasteiger partial charge is 0.273 e. The minimum absolute atomic E-state index is 0.221. The van der Waals surface area contributed by atoms with Crippen molar-refractivity contribution >= 4 is 104 Å². The van der Waals surface area contributed by atoms with Gasteiger partial charge in [-0.3, -0.25) is 39.4 Å². The quantitative estimate of drug-likeness (QED) is 0.126. The zero-order valence-corrected chi connectivity index (χ0v) is 24.8. The lowest BCUT2D eigenvalue weighted by molar-refractivity contribution is -0.385. The summed E-state index contributed by atoms with van der Waals surface area (Å²) in [4.78, 5) is 71.3. The average Bonchev–Trinajstić information content (AvgIpc) is 3.34. The number of carbonyl (C=O) groups excluding carboxylic acids is 4. The van der Waals surface area contributed by atoms with Crippen LogP contribution in [0.4, 0.5) is 11.4 Å². The standard InChI is InChI=1S/C24H12Cl6N4O8/c25-17-18(26)23(28)16-15(22(17,27)24(23,29)30)20(37)32(21(16)38)31(19(36)10-4-6-12(7-5-10)33(39)40)9-14(35)11-2-1-3-13(8-11)34(41)42/h1-8,15-16H,9H2/t15-,16-,22-,23-/m1/s1. The van der Waals surface area contributed by atoms with E-state index < -0.39 is 71.5 Å². The number of non-ortho nitro benzene ring substituents is 2. The molecule has 2 aliphatic carbocycles. The molecule has 2 aromatic rings. The number of nitro benzene ring substituents is 2. The van der Waals surface area contributed by atoms with E-state index in [0.29, 0.717) is 10.0 Å². The Morgan fingerprint density at radius 3 is 1.79 bits per heavy atom. The number of amides is 3. The largest absolute Gasteiger partial charge is 0.292 e. The van der Waals surface area contributed by atoms with Crippen molar-refractivity contribution in [1.29, 1.82) is 0 Å². The van der Waals surface area contributed by atoms with Crippen LogP contribution in [0.15, 0.2) is 58.6 Å². The van der Waals surface area contributed by atoms with Crippen molar-refractivity contribution in [3.8, 4) is 0 Å². The number of Topliss-reactive ketones (excluding diaryl/α,β-unsaturated/α-hetero) is 1. The summed E-state index contributed by atoms with van der Waals surface area (Å²) in [6.07, 6.45) is 0. The lowest BCUT2D eigenvalue weighted by Gasteiger charge is -2.36. The van der Waals surface area contributed by atoms with Crippen molar-refractivity contribution in [3.05, 3.63) is 90.0 Å². The van der Waals surface area contributed by atoms with Crippen LogP contribution >= 0.6 is 69.6 Å². The van der Waals surface area contributed by atoms with E-state index in [1.165, 1.54) is 12.1 Å². The van der Waals surface area contributed by atoms with Crippen molar-refractivity contribution in [2.75, 3.05) is 6.54 Å². The molecule has 1 aliphatic heterocycles. The Kier molecular flexibility index (Phi) is 7.28. The number of hydrazine groups is 1. The number of imide groups is 1. The number of nitrogens with zero attached hydrogens (tertiary/aromatic N) is 4. The summed E-state index contributed by atoms with van der Waals surface area (Å²) in [5.41, 5.74) is -1.28. The van der Waals surface area contributed by atoms with Crippen LogP contribution in [-0.2, 0) is 9.59 Å². The second kappa shape index (κ2) is 10.0. The average molecular weight is 697 g/mol. The van der Waals surface area contributed by atoms with Crippen molar-refractivity contribution in [3.63, 3.8) is 0 Å². The minimum atomic E-state index is -2.25. The lowest BCUT2D eigenvalue weighted by Crippen LogP contribution is -2.56. The Morgan fingerprint density at radius 2 is 1.31 bits per heavy atom. The molecule has 12 nitrogen and oxygen atoms in total. The fourth-order valence-corrected chi connectivity index (χ4v) is 8.28. The molecule has 2 aromatic carbocycles. The first-order chi connectivity index (χ1) is 19.5. The van der Waals surface area contributed by atoms with E-state index in [9.17, 15) is 39.4 Å². The number of hydrogen-bond donors (Lipinski definition) is 0. The first kappa shape index (κ1) is 30.5. The van der Waals surface area contributed by atoms with Gasteiger partial charge in [0.1, 0.15) is 16.3 Å². The molecule has 1 saturated heterocycles. The maximum absolute atomic E-state index is 13.9. The predicted molar refractivity (Wildman–Crippen MR) is 151 cm³/mol. The number of allylic oxidation sites excluding steroid dienone is 2. The van der Waals surface area contributed by atoms with Crippen LogP contribution in [0.5, 0.6) is 0 Å². The molecule has 0 radical (unpaired) electrons. The molecule has 2 bridgehead atoms. The number of alkyl halides is 4. The van der Waals surface area contributed by atoms with Gasteiger partial charge in [-0.2, -0.15) is 5.01 Å². The summed E-state index contributed by atoms with van der Waals surface area (Å²) in [6.45, 7) is -0.986. The number of halogens is 6. The molecule has 0 spiro atoms. The third kappa shape index (κ3) is 3.89. The van der Waals surface area contributed by atoms with Crippen molar-refractivity contribution in [2.45, 2.75) is 14.1 Å². The Hall–Kier alpha value is -3.00. The first-order valence-electron chi connectivity index (χ1n) is 11.5. The van der Waals surface area contributed by atoms with Crippen LogP contribution in [0.1, 0.15) is 20.7 Å². The third-order valence-electron chi connectivity index (χ3n) is 7.36. The van der Waals surface area contributed by atoms with E-state index in [2.05, 4.69) is 0 Å². The molecule has 1 saturated carbocycles. The van der Waals surface area contributed by atoms with Gasteiger partial charge in [0.25, 0.3) is 29.1 Å². The van der Waals surface area contributed by atoms with Gasteiger partial charge in [0.05, 0.1) is 31.7 Å². The van der Waals surface area contributed by atoms with E-state index in [0.717, 1.165) is 36.4 Å². The van der Waals surface area contributed by atoms with Crippen molar-refractivity contribution in [1.82, 2.24) is 10.0 Å². The second-order valence-electron chi connectivity index (χ2n) is 9.47. The van der Waals surface area contributed by atoms with Crippen LogP contribution in [0, 0.1) is 32.1 Å². The van der Waals surface area contributed by atoms with Gasteiger partial charge in [-0.25, -0.2) is 5.01 Å². The highest BCUT2D eigenvalue weighted by Gasteiger charge is 2.88. The zero-order valence-electron chi connectivity index (χ0n) is 20.3. The molecule has 3 aliphatic rings. The van der Waals surface area contributed by atoms with E-state index in [1.54, 1.807) is 0 Å². The van der Waals surface area contributed by atoms with Crippen LogP contribution in [-0.4, -0.2) is 64.0 Å². The number of fused-ring (bicyclic) bond motifs is 5. The normalized spacial score (nSPS) is 27.3. The second-order valence-corrected chi connectivity index (χ2v) is 12.7. The van der Waals surface area contributed by atoms with Crippen LogP contribution in [0.25, 0.3) is 0 Å². The van der Waals surface area contributed by atoms with Crippen LogP contribution < -0.4 is 0 Å². The third-order valence-corrected chi connectivity index (χ3v) is 11.6. The molecule has 1 heterocycles. The minimum Gasteiger partial charge on any atom is -0.292 e. The Morgan fingerprint density at radius 1 is 0.810 bits per heavy atom. The SMILES string of the molecule is O=C(CN(C(=O)c1ccc([N+](=O)[O-])cc1)N1C(=O)[C@H]2[C@H](C1=O)[C@@]1(Cl)C(Cl)=C(Cl)[C@@]2(Cl)C1(Cl)Cl)c1cccc([N+](=O)[O-])c1. The van der Waals surface area contributed by atoms with Gasteiger partial charge < -0.3 is 0 Å². The molecule has 4 atom stereocenters. The van der Waals surface area contributed by atoms with E-state index >= 15 is 0 Å². The van der Waals surface area contributed by atoms with Gasteiger partial charge in [-0.05, 0) is 12.1 Å². The molecule has 18 heteroatoms. The predicted octanol–water partition coefficient (Wildman–Crippen LogP) is 5.19. The Bertz CT molecular complexity index is 1620. The molecular weight excluding hydrogens is 685 g/mol. The monoisotopic (exact) mass is 694 g/mol. The Labute approximate surface area is 264 Å². The van der Waals surface area contributed by atoms with Crippen LogP contribution in [0.2, 0.25) is 0 Å². The summed E-state index contributed by atoms with van der Waals surface area (Å²) in [7, 11) is 0. The maximum atomic E-state index is 13.9. The first-order valence-corrected chi connectivity index (χ1v) is 13.8. The van der Waals surface area contributed by atoms with Gasteiger partial charge in [0.2, 0.25) is 0 Å². The van der Waals surface area contributed by atoms with E-state index in [4.69, 9.17) is 69.6 Å². The summed E-state index contributed by atoms with van der Waals surface area (Å²) in [6, 6.07) is 8.62. The van der Waals surface area contributed by atoms with E-state index in [1.807, 2.05) is 0 Å². The molecule has 0 N–H and O–H groups in total. The summed E-state index contributed by atoms with van der Waals surface area (Å²) in [5.74, 6) is -7.56. The molecule has 42 heavy (non-hydrogen) atoms. The molecule has 0 aromatic heterocycles. The fourth-order valence-electron chi connectivity index (χ4n) is 5.35. The summed E-state index contributed by atoms with van der Waals surface area (Å²) >= 11 is 39.1. The fraction of sp³-hybridized carbons (Fsp3) is 0.250. The lowest BCUT2D eigenvalue weighted by atomic mass is 9.84. The van der Waals surface area contributed by atoms with Gasteiger partial charge in [0.15, 0.2) is 10.1 Å². The van der Waals surface area contributed by atoms with Crippen molar-refractivity contribution < 1.29 is 29.0 Å². The molecule has 5 rings (SSSR count). The molecular formula is C24H12Cl6N4O8. The molecule has 0 unspecified atom stereocenters. The number of ketones is 1. The van der Waals surface area contributed by atoms with Gasteiger partial charge in [0, 0.05) is 35.4 Å². The van der Waals surface area contributed by atoms with Gasteiger partial charge in [-0.15, -0.1) is 23.2 Å². The topological polar surface area (TPSA) is 161 Å². The highest BCUT2D eigenvalue weighted by molar-refractivity contribution is 6.66. The number of benzene rings is 2. The number of carbonyl (C=O) groups is 4. The van der Waals surface area contributed by atoms with Gasteiger partial charge >= 0.3 is 0 Å². The van der Waals surface area contributed by atoms with Crippen molar-refractivity contribution in [2.24, 2.45) is 11.8 Å². The molecule has 3 amide bonds. The molecule has 2 fully saturated rings. The number of rotatable bonds is 7. The molecule has 218 valence electrons. The van der Waals surface area contributed by atoms with Gasteiger partial charge in [-0.1, -0.05) is 58.5 Å². The highest BCUT2D eigenvalue weighted by atomic mass is 35.5. The highest BCUT2D eigenvalue weighted by Crippen LogP contribution is 2.77. The Balaban J connectivity index is 1.59. The maximum Gasteiger partial charge on any atom is 0.273 e. The zero-order chi connectivity index (χ0) is 31.1. The summed E-state index contributed by atoms with van der Waals surface area (Å²) < 4.78 is -2.25.